The number of ether oxygens (including phenoxy) is 1. The fraction of sp³-hybridized carbons (Fsp3) is 0.444. The van der Waals surface area contributed by atoms with E-state index in [2.05, 4.69) is 20.9 Å². The molecule has 0 aromatic carbocycles. The second kappa shape index (κ2) is 4.99. The summed E-state index contributed by atoms with van der Waals surface area (Å²) in [6.07, 6.45) is 2.19. The molecule has 1 aliphatic rings. The van der Waals surface area contributed by atoms with Gasteiger partial charge in [-0.3, -0.25) is 4.98 Å². The summed E-state index contributed by atoms with van der Waals surface area (Å²) in [7, 11) is -3.60. The smallest absolute Gasteiger partial charge is 0.246 e. The van der Waals surface area contributed by atoms with Crippen LogP contribution in [0, 0.1) is 0 Å². The molecule has 0 amide bonds. The van der Waals surface area contributed by atoms with Gasteiger partial charge in [0, 0.05) is 23.4 Å². The average molecular weight is 322 g/mol. The first kappa shape index (κ1) is 12.9. The molecular weight excluding hydrogens is 310 g/mol. The highest BCUT2D eigenvalue weighted by molar-refractivity contribution is 9.10. The summed E-state index contributed by atoms with van der Waals surface area (Å²) in [5.41, 5.74) is 5.73. The number of aromatic nitrogens is 1. The molecule has 2 N–H and O–H groups in total. The van der Waals surface area contributed by atoms with Gasteiger partial charge in [0.25, 0.3) is 0 Å². The molecule has 0 bridgehead atoms. The topological polar surface area (TPSA) is 85.5 Å². The van der Waals surface area contributed by atoms with Crippen molar-refractivity contribution < 1.29 is 13.2 Å². The minimum atomic E-state index is -3.60. The first-order chi connectivity index (χ1) is 8.01. The minimum absolute atomic E-state index is 0.129. The van der Waals surface area contributed by atoms with Crippen molar-refractivity contribution in [3.63, 3.8) is 0 Å². The molecule has 8 heteroatoms. The van der Waals surface area contributed by atoms with E-state index < -0.39 is 16.2 Å². The van der Waals surface area contributed by atoms with Crippen molar-refractivity contribution in [3.05, 3.63) is 22.9 Å². The number of halogens is 1. The maximum atomic E-state index is 12.3. The van der Waals surface area contributed by atoms with Crippen molar-refractivity contribution in [1.82, 2.24) is 9.29 Å². The summed E-state index contributed by atoms with van der Waals surface area (Å²) in [6.45, 7) is 0.824. The Bertz CT molecular complexity index is 508. The minimum Gasteiger partial charge on any atom is -0.377 e. The van der Waals surface area contributed by atoms with Gasteiger partial charge in [-0.05, 0) is 22.0 Å². The van der Waals surface area contributed by atoms with Crippen molar-refractivity contribution in [1.29, 1.82) is 0 Å². The number of nitrogens with zero attached hydrogens (tertiary/aromatic N) is 2. The SMILES string of the molecule is NC1COCCN1S(=O)(=O)c1cncc(Br)c1. The summed E-state index contributed by atoms with van der Waals surface area (Å²) in [5, 5.41) is 0. The van der Waals surface area contributed by atoms with Crippen molar-refractivity contribution in [2.75, 3.05) is 19.8 Å². The van der Waals surface area contributed by atoms with Gasteiger partial charge >= 0.3 is 0 Å². The number of rotatable bonds is 2. The third-order valence-corrected chi connectivity index (χ3v) is 4.72. The van der Waals surface area contributed by atoms with Crippen LogP contribution in [0.15, 0.2) is 27.8 Å². The van der Waals surface area contributed by atoms with Crippen LogP contribution in [0.2, 0.25) is 0 Å². The predicted octanol–water partition coefficient (Wildman–Crippen LogP) is 0.150. The summed E-state index contributed by atoms with van der Waals surface area (Å²) >= 11 is 3.19. The van der Waals surface area contributed by atoms with Crippen LogP contribution in [0.4, 0.5) is 0 Å². The van der Waals surface area contributed by atoms with Crippen LogP contribution in [0.3, 0.4) is 0 Å². The van der Waals surface area contributed by atoms with E-state index in [0.717, 1.165) is 0 Å². The zero-order valence-corrected chi connectivity index (χ0v) is 11.3. The molecule has 0 radical (unpaired) electrons. The summed E-state index contributed by atoms with van der Waals surface area (Å²) in [6, 6.07) is 1.50. The van der Waals surface area contributed by atoms with Crippen LogP contribution in [-0.2, 0) is 14.8 Å². The lowest BCUT2D eigenvalue weighted by atomic mass is 10.4. The van der Waals surface area contributed by atoms with Gasteiger partial charge in [-0.15, -0.1) is 0 Å². The fourth-order valence-corrected chi connectivity index (χ4v) is 3.56. The van der Waals surface area contributed by atoms with Crippen molar-refractivity contribution in [2.24, 2.45) is 5.73 Å². The maximum Gasteiger partial charge on any atom is 0.246 e. The number of pyridine rings is 1. The van der Waals surface area contributed by atoms with Gasteiger partial charge in [0.15, 0.2) is 0 Å². The van der Waals surface area contributed by atoms with E-state index in [1.807, 2.05) is 0 Å². The highest BCUT2D eigenvalue weighted by Gasteiger charge is 2.32. The molecule has 2 rings (SSSR count). The van der Waals surface area contributed by atoms with Crippen LogP contribution >= 0.6 is 15.9 Å². The number of morpholine rings is 1. The molecule has 2 heterocycles. The Morgan fingerprint density at radius 1 is 1.53 bits per heavy atom. The Balaban J connectivity index is 2.35. The summed E-state index contributed by atoms with van der Waals surface area (Å²) < 4.78 is 31.5. The molecule has 0 aliphatic carbocycles. The van der Waals surface area contributed by atoms with Crippen LogP contribution in [0.25, 0.3) is 0 Å². The van der Waals surface area contributed by atoms with E-state index in [1.165, 1.54) is 22.8 Å². The molecule has 1 aromatic rings. The highest BCUT2D eigenvalue weighted by atomic mass is 79.9. The molecule has 1 unspecified atom stereocenters. The second-order valence-corrected chi connectivity index (χ2v) is 6.40. The van der Waals surface area contributed by atoms with E-state index in [9.17, 15) is 8.42 Å². The van der Waals surface area contributed by atoms with E-state index in [0.29, 0.717) is 11.1 Å². The summed E-state index contributed by atoms with van der Waals surface area (Å²) in [4.78, 5) is 3.97. The second-order valence-electron chi connectivity index (χ2n) is 3.60. The lowest BCUT2D eigenvalue weighted by Crippen LogP contribution is -2.53. The van der Waals surface area contributed by atoms with E-state index >= 15 is 0 Å². The van der Waals surface area contributed by atoms with Gasteiger partial charge in [0.1, 0.15) is 4.90 Å². The molecular formula is C9H12BrN3O3S. The van der Waals surface area contributed by atoms with Crippen LogP contribution in [-0.4, -0.2) is 43.6 Å². The first-order valence-electron chi connectivity index (χ1n) is 4.97. The molecule has 0 spiro atoms. The van der Waals surface area contributed by atoms with E-state index in [1.54, 1.807) is 0 Å². The number of nitrogens with two attached hydrogens (primary N) is 1. The summed E-state index contributed by atoms with van der Waals surface area (Å²) in [5.74, 6) is 0. The van der Waals surface area contributed by atoms with Gasteiger partial charge in [-0.25, -0.2) is 8.42 Å². The molecule has 1 saturated heterocycles. The third kappa shape index (κ3) is 2.66. The molecule has 6 nitrogen and oxygen atoms in total. The van der Waals surface area contributed by atoms with Gasteiger partial charge in [-0.2, -0.15) is 4.31 Å². The Labute approximate surface area is 108 Å². The Morgan fingerprint density at radius 2 is 2.29 bits per heavy atom. The molecule has 1 aliphatic heterocycles. The molecule has 0 saturated carbocycles. The molecule has 1 atom stereocenters. The van der Waals surface area contributed by atoms with Crippen LogP contribution in [0.5, 0.6) is 0 Å². The van der Waals surface area contributed by atoms with E-state index in [4.69, 9.17) is 10.5 Å². The molecule has 1 fully saturated rings. The van der Waals surface area contributed by atoms with Crippen molar-refractivity contribution >= 4 is 26.0 Å². The lowest BCUT2D eigenvalue weighted by molar-refractivity contribution is 0.0350. The first-order valence-corrected chi connectivity index (χ1v) is 7.21. The molecule has 94 valence electrons. The zero-order chi connectivity index (χ0) is 12.5. The Hall–Kier alpha value is -0.540. The lowest BCUT2D eigenvalue weighted by Gasteiger charge is -2.31. The van der Waals surface area contributed by atoms with Gasteiger partial charge < -0.3 is 10.5 Å². The zero-order valence-electron chi connectivity index (χ0n) is 8.91. The molecule has 1 aromatic heterocycles. The van der Waals surface area contributed by atoms with Crippen molar-refractivity contribution in [2.45, 2.75) is 11.1 Å². The Morgan fingerprint density at radius 3 is 2.94 bits per heavy atom. The largest absolute Gasteiger partial charge is 0.377 e. The standard InChI is InChI=1S/C9H12BrN3O3S/c10-7-3-8(5-12-4-7)17(14,15)13-1-2-16-6-9(13)11/h3-5,9H,1-2,6,11H2. The van der Waals surface area contributed by atoms with Gasteiger partial charge in [0.2, 0.25) is 10.0 Å². The molecule has 17 heavy (non-hydrogen) atoms. The average Bonchev–Trinajstić information content (AvgIpc) is 2.29. The number of hydrogen-bond donors (Lipinski definition) is 1. The van der Waals surface area contributed by atoms with E-state index in [-0.39, 0.29) is 18.0 Å². The predicted molar refractivity (Wildman–Crippen MR) is 64.6 cm³/mol. The van der Waals surface area contributed by atoms with Crippen molar-refractivity contribution in [3.8, 4) is 0 Å². The maximum absolute atomic E-state index is 12.3. The van der Waals surface area contributed by atoms with Crippen LogP contribution < -0.4 is 5.73 Å². The number of hydrogen-bond acceptors (Lipinski definition) is 5. The van der Waals surface area contributed by atoms with Crippen LogP contribution in [0.1, 0.15) is 0 Å². The third-order valence-electron chi connectivity index (χ3n) is 2.40. The van der Waals surface area contributed by atoms with Gasteiger partial charge in [0.05, 0.1) is 19.4 Å². The Kier molecular flexibility index (Phi) is 3.79. The van der Waals surface area contributed by atoms with Gasteiger partial charge in [-0.1, -0.05) is 0 Å². The quantitative estimate of drug-likeness (QED) is 0.838. The number of sulfonamides is 1. The highest BCUT2D eigenvalue weighted by Crippen LogP contribution is 2.20. The monoisotopic (exact) mass is 321 g/mol. The fourth-order valence-electron chi connectivity index (χ4n) is 1.57. The normalized spacial score (nSPS) is 22.6.